The van der Waals surface area contributed by atoms with E-state index in [2.05, 4.69) is 9.97 Å². The zero-order valence-corrected chi connectivity index (χ0v) is 10.1. The van der Waals surface area contributed by atoms with Crippen molar-refractivity contribution in [3.05, 3.63) is 18.6 Å². The number of halogens is 1. The molecule has 7 heteroatoms. The molecule has 0 aliphatic heterocycles. The van der Waals surface area contributed by atoms with Gasteiger partial charge in [-0.2, -0.15) is 0 Å². The molecular weight excluding hydrogens is 251 g/mol. The highest BCUT2D eigenvalue weighted by Gasteiger charge is 2.43. The molecule has 1 aliphatic carbocycles. The third kappa shape index (κ3) is 1.77. The summed E-state index contributed by atoms with van der Waals surface area (Å²) in [5.74, 6) is -0.152. The number of nitrogens with zero attached hydrogens (tertiary/aromatic N) is 3. The van der Waals surface area contributed by atoms with Gasteiger partial charge in [0.15, 0.2) is 5.82 Å². The Morgan fingerprint density at radius 3 is 2.95 bits per heavy atom. The Kier molecular flexibility index (Phi) is 2.87. The topological polar surface area (TPSA) is 97.2 Å². The summed E-state index contributed by atoms with van der Waals surface area (Å²) >= 11 is 0. The number of alkyl halides is 1. The highest BCUT2D eigenvalue weighted by molar-refractivity contribution is 5.84. The van der Waals surface area contributed by atoms with Crippen LogP contribution in [0.3, 0.4) is 0 Å². The van der Waals surface area contributed by atoms with E-state index < -0.39 is 24.2 Å². The first-order chi connectivity index (χ1) is 9.13. The van der Waals surface area contributed by atoms with Crippen LogP contribution < -0.4 is 5.73 Å². The maximum absolute atomic E-state index is 14.2. The lowest BCUT2D eigenvalue weighted by molar-refractivity contribution is 0.0401. The van der Waals surface area contributed by atoms with Gasteiger partial charge in [-0.3, -0.25) is 0 Å². The second kappa shape index (κ2) is 4.43. The van der Waals surface area contributed by atoms with Crippen molar-refractivity contribution in [2.45, 2.75) is 24.7 Å². The quantitative estimate of drug-likeness (QED) is 0.724. The zero-order valence-electron chi connectivity index (χ0n) is 10.1. The van der Waals surface area contributed by atoms with Gasteiger partial charge in [0, 0.05) is 18.7 Å². The van der Waals surface area contributed by atoms with E-state index >= 15 is 0 Å². The van der Waals surface area contributed by atoms with Gasteiger partial charge in [-0.25, -0.2) is 14.4 Å². The smallest absolute Gasteiger partial charge is 0.151 e. The molecule has 0 aromatic carbocycles. The first-order valence-corrected chi connectivity index (χ1v) is 6.13. The molecule has 0 amide bonds. The summed E-state index contributed by atoms with van der Waals surface area (Å²) < 4.78 is 15.8. The number of anilines is 1. The Labute approximate surface area is 108 Å². The van der Waals surface area contributed by atoms with Crippen molar-refractivity contribution in [1.82, 2.24) is 14.5 Å². The summed E-state index contributed by atoms with van der Waals surface area (Å²) in [4.78, 5) is 8.07. The molecule has 3 rings (SSSR count). The van der Waals surface area contributed by atoms with Crippen LogP contribution in [0.2, 0.25) is 0 Å². The number of nitrogen functional groups attached to an aromatic ring is 1. The molecule has 2 heterocycles. The van der Waals surface area contributed by atoms with Crippen LogP contribution in [-0.4, -0.2) is 43.6 Å². The number of rotatable bonds is 2. The van der Waals surface area contributed by atoms with E-state index in [1.54, 1.807) is 10.6 Å². The first kappa shape index (κ1) is 12.3. The number of fused-ring (bicyclic) bond motifs is 1. The van der Waals surface area contributed by atoms with Crippen LogP contribution in [-0.2, 0) is 0 Å². The Bertz CT molecular complexity index is 602. The SMILES string of the molecule is Nc1nccc2c1ncn2[C@@H]1C[C@H](CO)[C@@H](O)[C@H]1F. The van der Waals surface area contributed by atoms with Gasteiger partial charge >= 0.3 is 0 Å². The van der Waals surface area contributed by atoms with Gasteiger partial charge in [0.1, 0.15) is 11.7 Å². The summed E-state index contributed by atoms with van der Waals surface area (Å²) in [7, 11) is 0. The fourth-order valence-corrected chi connectivity index (χ4v) is 2.76. The van der Waals surface area contributed by atoms with E-state index in [1.165, 1.54) is 12.5 Å². The molecule has 1 fully saturated rings. The maximum atomic E-state index is 14.2. The number of hydrogen-bond donors (Lipinski definition) is 3. The molecule has 0 bridgehead atoms. The molecule has 2 aromatic heterocycles. The van der Waals surface area contributed by atoms with Crippen molar-refractivity contribution < 1.29 is 14.6 Å². The molecule has 4 atom stereocenters. The fourth-order valence-electron chi connectivity index (χ4n) is 2.76. The second-order valence-corrected chi connectivity index (χ2v) is 4.90. The number of aromatic nitrogens is 3. The first-order valence-electron chi connectivity index (χ1n) is 6.13. The minimum Gasteiger partial charge on any atom is -0.396 e. The molecule has 1 saturated carbocycles. The summed E-state index contributed by atoms with van der Waals surface area (Å²) in [5, 5.41) is 18.9. The molecule has 0 radical (unpaired) electrons. The van der Waals surface area contributed by atoms with Crippen LogP contribution in [0.4, 0.5) is 10.2 Å². The molecule has 2 aromatic rings. The molecule has 0 unspecified atom stereocenters. The van der Waals surface area contributed by atoms with Crippen molar-refractivity contribution in [3.8, 4) is 0 Å². The third-order valence-electron chi connectivity index (χ3n) is 3.83. The average molecular weight is 266 g/mol. The lowest BCUT2D eigenvalue weighted by Gasteiger charge is -2.16. The minimum absolute atomic E-state index is 0.228. The van der Waals surface area contributed by atoms with Gasteiger partial charge in [0.2, 0.25) is 0 Å². The Balaban J connectivity index is 2.04. The second-order valence-electron chi connectivity index (χ2n) is 4.90. The van der Waals surface area contributed by atoms with Crippen molar-refractivity contribution in [2.75, 3.05) is 12.3 Å². The molecule has 19 heavy (non-hydrogen) atoms. The minimum atomic E-state index is -1.43. The predicted molar refractivity (Wildman–Crippen MR) is 67.1 cm³/mol. The largest absolute Gasteiger partial charge is 0.396 e. The van der Waals surface area contributed by atoms with E-state index in [9.17, 15) is 9.50 Å². The van der Waals surface area contributed by atoms with Crippen LogP contribution in [0.5, 0.6) is 0 Å². The highest BCUT2D eigenvalue weighted by Crippen LogP contribution is 2.38. The Morgan fingerprint density at radius 2 is 2.26 bits per heavy atom. The van der Waals surface area contributed by atoms with Gasteiger partial charge < -0.3 is 20.5 Å². The normalized spacial score (nSPS) is 31.1. The van der Waals surface area contributed by atoms with Crippen LogP contribution in [0.1, 0.15) is 12.5 Å². The summed E-state index contributed by atoms with van der Waals surface area (Å²) in [5.41, 5.74) is 6.92. The highest BCUT2D eigenvalue weighted by atomic mass is 19.1. The van der Waals surface area contributed by atoms with Gasteiger partial charge in [0.05, 0.1) is 24.0 Å². The van der Waals surface area contributed by atoms with E-state index in [1.807, 2.05) is 0 Å². The van der Waals surface area contributed by atoms with Crippen molar-refractivity contribution in [1.29, 1.82) is 0 Å². The van der Waals surface area contributed by atoms with Crippen molar-refractivity contribution in [3.63, 3.8) is 0 Å². The summed E-state index contributed by atoms with van der Waals surface area (Å²) in [6, 6.07) is 1.17. The van der Waals surface area contributed by atoms with Gasteiger partial charge in [0.25, 0.3) is 0 Å². The number of nitrogens with two attached hydrogens (primary N) is 1. The summed E-state index contributed by atoms with van der Waals surface area (Å²) in [6.07, 6.45) is 0.840. The molecule has 4 N–H and O–H groups in total. The maximum Gasteiger partial charge on any atom is 0.151 e. The molecule has 6 nitrogen and oxygen atoms in total. The predicted octanol–water partition coefficient (Wildman–Crippen LogP) is 0.266. The molecule has 1 aliphatic rings. The van der Waals surface area contributed by atoms with Gasteiger partial charge in [-0.1, -0.05) is 0 Å². The summed E-state index contributed by atoms with van der Waals surface area (Å²) in [6.45, 7) is -0.228. The monoisotopic (exact) mass is 266 g/mol. The van der Waals surface area contributed by atoms with Crippen LogP contribution >= 0.6 is 0 Å². The Morgan fingerprint density at radius 1 is 1.47 bits per heavy atom. The van der Waals surface area contributed by atoms with Crippen LogP contribution in [0.15, 0.2) is 18.6 Å². The average Bonchev–Trinajstić information content (AvgIpc) is 2.94. The van der Waals surface area contributed by atoms with E-state index in [-0.39, 0.29) is 6.61 Å². The standard InChI is InChI=1S/C12H15FN4O2/c13-9-8(3-6(4-18)11(9)19)17-5-16-10-7(17)1-2-15-12(10)14/h1-2,5-6,8-9,11,18-19H,3-4H2,(H2,14,15)/t6-,8-,9+,11-/m1/s1. The van der Waals surface area contributed by atoms with Gasteiger partial charge in [-0.05, 0) is 12.5 Å². The fraction of sp³-hybridized carbons (Fsp3) is 0.500. The number of hydrogen-bond acceptors (Lipinski definition) is 5. The van der Waals surface area contributed by atoms with Crippen molar-refractivity contribution in [2.24, 2.45) is 5.92 Å². The van der Waals surface area contributed by atoms with E-state index in [0.29, 0.717) is 23.3 Å². The third-order valence-corrected chi connectivity index (χ3v) is 3.83. The zero-order chi connectivity index (χ0) is 13.6. The molecular formula is C12H15FN4O2. The van der Waals surface area contributed by atoms with Gasteiger partial charge in [-0.15, -0.1) is 0 Å². The molecule has 102 valence electrons. The lowest BCUT2D eigenvalue weighted by Crippen LogP contribution is -2.26. The molecule has 0 spiro atoms. The number of aliphatic hydroxyl groups is 2. The van der Waals surface area contributed by atoms with Crippen LogP contribution in [0, 0.1) is 5.92 Å². The Hall–Kier alpha value is -1.73. The number of aliphatic hydroxyl groups excluding tert-OH is 2. The number of imidazole rings is 1. The molecule has 0 saturated heterocycles. The van der Waals surface area contributed by atoms with E-state index in [0.717, 1.165) is 0 Å². The lowest BCUT2D eigenvalue weighted by atomic mass is 10.1. The van der Waals surface area contributed by atoms with Crippen molar-refractivity contribution >= 4 is 16.9 Å². The number of pyridine rings is 1. The van der Waals surface area contributed by atoms with E-state index in [4.69, 9.17) is 10.8 Å². The van der Waals surface area contributed by atoms with Crippen LogP contribution in [0.25, 0.3) is 11.0 Å².